The van der Waals surface area contributed by atoms with Gasteiger partial charge in [0.15, 0.2) is 0 Å². The molecule has 4 heteroatoms. The second-order valence-electron chi connectivity index (χ2n) is 6.35. The Kier molecular flexibility index (Phi) is 3.87. The topological polar surface area (TPSA) is 40.5 Å². The second kappa shape index (κ2) is 5.49. The highest BCUT2D eigenvalue weighted by atomic mass is 32.1. The minimum atomic E-state index is -0.595. The van der Waals surface area contributed by atoms with E-state index in [2.05, 4.69) is 29.3 Å². The highest BCUT2D eigenvalue weighted by Crippen LogP contribution is 2.49. The minimum absolute atomic E-state index is 0.466. The van der Waals surface area contributed by atoms with Gasteiger partial charge < -0.3 is 5.11 Å². The molecule has 2 aliphatic rings. The minimum Gasteiger partial charge on any atom is -0.481 e. The molecule has 0 amide bonds. The average Bonchev–Trinajstić information content (AvgIpc) is 2.92. The van der Waals surface area contributed by atoms with Gasteiger partial charge >= 0.3 is 5.97 Å². The van der Waals surface area contributed by atoms with E-state index in [9.17, 15) is 9.90 Å². The maximum atomic E-state index is 11.7. The summed E-state index contributed by atoms with van der Waals surface area (Å²) in [6, 6.07) is 4.80. The quantitative estimate of drug-likeness (QED) is 0.868. The number of carboxylic acid groups (broad SMARTS) is 1. The van der Waals surface area contributed by atoms with Crippen LogP contribution in [0.3, 0.4) is 0 Å². The van der Waals surface area contributed by atoms with Crippen LogP contribution in [0.4, 0.5) is 0 Å². The van der Waals surface area contributed by atoms with Crippen LogP contribution in [0.15, 0.2) is 17.5 Å². The van der Waals surface area contributed by atoms with Gasteiger partial charge in [-0.25, -0.2) is 0 Å². The van der Waals surface area contributed by atoms with Gasteiger partial charge in [-0.3, -0.25) is 9.69 Å². The Morgan fingerprint density at radius 1 is 1.60 bits per heavy atom. The number of carbonyl (C=O) groups is 1. The summed E-state index contributed by atoms with van der Waals surface area (Å²) in [4.78, 5) is 15.6. The lowest BCUT2D eigenvalue weighted by molar-refractivity contribution is -0.148. The lowest BCUT2D eigenvalue weighted by Gasteiger charge is -2.29. The van der Waals surface area contributed by atoms with Crippen molar-refractivity contribution in [3.63, 3.8) is 0 Å². The normalized spacial score (nSPS) is 28.6. The second-order valence-corrected chi connectivity index (χ2v) is 7.33. The zero-order valence-corrected chi connectivity index (χ0v) is 12.9. The summed E-state index contributed by atoms with van der Waals surface area (Å²) >= 11 is 1.82. The molecule has 1 aliphatic carbocycles. The summed E-state index contributed by atoms with van der Waals surface area (Å²) in [5, 5.41) is 11.8. The molecule has 3 nitrogen and oxygen atoms in total. The highest BCUT2D eigenvalue weighted by molar-refractivity contribution is 7.10. The molecule has 1 N–H and O–H groups in total. The van der Waals surface area contributed by atoms with Crippen molar-refractivity contribution in [1.29, 1.82) is 0 Å². The molecular formula is C16H23NO2S. The molecule has 110 valence electrons. The van der Waals surface area contributed by atoms with Crippen LogP contribution in [0.1, 0.15) is 49.9 Å². The molecule has 0 bridgehead atoms. The molecule has 0 radical (unpaired) electrons. The summed E-state index contributed by atoms with van der Waals surface area (Å²) in [5.74, 6) is 0.155. The fourth-order valence-electron chi connectivity index (χ4n) is 3.69. The SMILES string of the molecule is CCCC1(C(=O)O)CCN(C(c2cccs2)C2CC2)C1. The van der Waals surface area contributed by atoms with Gasteiger partial charge in [-0.15, -0.1) is 11.3 Å². The first-order chi connectivity index (χ1) is 9.66. The zero-order valence-electron chi connectivity index (χ0n) is 12.0. The predicted octanol–water partition coefficient (Wildman–Crippen LogP) is 3.78. The number of nitrogens with zero attached hydrogens (tertiary/aromatic N) is 1. The van der Waals surface area contributed by atoms with Crippen molar-refractivity contribution in [1.82, 2.24) is 4.90 Å². The van der Waals surface area contributed by atoms with Crippen molar-refractivity contribution in [3.8, 4) is 0 Å². The predicted molar refractivity (Wildman–Crippen MR) is 81.0 cm³/mol. The molecule has 3 rings (SSSR count). The van der Waals surface area contributed by atoms with E-state index in [1.165, 1.54) is 17.7 Å². The van der Waals surface area contributed by atoms with E-state index in [4.69, 9.17) is 0 Å². The fourth-order valence-corrected chi connectivity index (χ4v) is 4.64. The van der Waals surface area contributed by atoms with Crippen molar-refractivity contribution in [2.45, 2.75) is 45.1 Å². The Balaban J connectivity index is 1.79. The summed E-state index contributed by atoms with van der Waals surface area (Å²) in [7, 11) is 0. The number of hydrogen-bond acceptors (Lipinski definition) is 3. The van der Waals surface area contributed by atoms with Gasteiger partial charge in [-0.1, -0.05) is 19.4 Å². The third-order valence-corrected chi connectivity index (χ3v) is 5.81. The molecule has 0 spiro atoms. The Morgan fingerprint density at radius 2 is 2.40 bits per heavy atom. The molecule has 2 unspecified atom stereocenters. The Hall–Kier alpha value is -0.870. The lowest BCUT2D eigenvalue weighted by atomic mass is 9.82. The van der Waals surface area contributed by atoms with Crippen molar-refractivity contribution >= 4 is 17.3 Å². The van der Waals surface area contributed by atoms with Crippen molar-refractivity contribution in [3.05, 3.63) is 22.4 Å². The first kappa shape index (κ1) is 14.1. The van der Waals surface area contributed by atoms with E-state index in [0.717, 1.165) is 38.3 Å². The largest absolute Gasteiger partial charge is 0.481 e. The molecular weight excluding hydrogens is 270 g/mol. The van der Waals surface area contributed by atoms with Gasteiger partial charge in [0.2, 0.25) is 0 Å². The van der Waals surface area contributed by atoms with Crippen molar-refractivity contribution < 1.29 is 9.90 Å². The molecule has 1 aromatic heterocycles. The molecule has 1 aromatic rings. The highest BCUT2D eigenvalue weighted by Gasteiger charge is 2.48. The Morgan fingerprint density at radius 3 is 2.95 bits per heavy atom. The van der Waals surface area contributed by atoms with Crippen LogP contribution in [-0.4, -0.2) is 29.1 Å². The monoisotopic (exact) mass is 293 g/mol. The third kappa shape index (κ3) is 2.51. The first-order valence-corrected chi connectivity index (χ1v) is 8.55. The van der Waals surface area contributed by atoms with Gasteiger partial charge in [-0.05, 0) is 49.6 Å². The molecule has 1 aliphatic heterocycles. The number of aliphatic carboxylic acids is 1. The van der Waals surface area contributed by atoms with Crippen LogP contribution in [0.5, 0.6) is 0 Å². The smallest absolute Gasteiger partial charge is 0.310 e. The fraction of sp³-hybridized carbons (Fsp3) is 0.688. The molecule has 2 atom stereocenters. The van der Waals surface area contributed by atoms with E-state index in [-0.39, 0.29) is 0 Å². The van der Waals surface area contributed by atoms with E-state index in [0.29, 0.717) is 6.04 Å². The average molecular weight is 293 g/mol. The summed E-state index contributed by atoms with van der Waals surface area (Å²) in [5.41, 5.74) is -0.501. The van der Waals surface area contributed by atoms with Crippen LogP contribution in [0.2, 0.25) is 0 Å². The van der Waals surface area contributed by atoms with E-state index in [1.807, 2.05) is 11.3 Å². The summed E-state index contributed by atoms with van der Waals surface area (Å²) in [6.45, 7) is 3.76. The molecule has 1 saturated carbocycles. The maximum Gasteiger partial charge on any atom is 0.310 e. The van der Waals surface area contributed by atoms with Gasteiger partial charge in [0, 0.05) is 17.5 Å². The summed E-state index contributed by atoms with van der Waals surface area (Å²) in [6.07, 6.45) is 5.17. The van der Waals surface area contributed by atoms with Gasteiger partial charge in [0.05, 0.1) is 5.41 Å². The van der Waals surface area contributed by atoms with Crippen molar-refractivity contribution in [2.75, 3.05) is 13.1 Å². The van der Waals surface area contributed by atoms with E-state index < -0.39 is 11.4 Å². The Bertz CT molecular complexity index is 469. The number of hydrogen-bond donors (Lipinski definition) is 1. The van der Waals surface area contributed by atoms with Crippen LogP contribution >= 0.6 is 11.3 Å². The van der Waals surface area contributed by atoms with Crippen LogP contribution in [0, 0.1) is 11.3 Å². The Labute approximate surface area is 124 Å². The van der Waals surface area contributed by atoms with E-state index >= 15 is 0 Å². The number of carboxylic acids is 1. The third-order valence-electron chi connectivity index (χ3n) is 4.86. The van der Waals surface area contributed by atoms with Gasteiger partial charge in [-0.2, -0.15) is 0 Å². The van der Waals surface area contributed by atoms with E-state index in [1.54, 1.807) is 0 Å². The lowest BCUT2D eigenvalue weighted by Crippen LogP contribution is -2.36. The summed E-state index contributed by atoms with van der Waals surface area (Å²) < 4.78 is 0. The van der Waals surface area contributed by atoms with Gasteiger partial charge in [0.25, 0.3) is 0 Å². The van der Waals surface area contributed by atoms with Gasteiger partial charge in [0.1, 0.15) is 0 Å². The number of rotatable bonds is 6. The number of likely N-dealkylation sites (tertiary alicyclic amines) is 1. The first-order valence-electron chi connectivity index (χ1n) is 7.67. The molecule has 1 saturated heterocycles. The van der Waals surface area contributed by atoms with Crippen LogP contribution < -0.4 is 0 Å². The van der Waals surface area contributed by atoms with Crippen LogP contribution in [0.25, 0.3) is 0 Å². The molecule has 2 heterocycles. The maximum absolute atomic E-state index is 11.7. The zero-order chi connectivity index (χ0) is 14.2. The standard InChI is InChI=1S/C16H23NO2S/c1-2-7-16(15(18)19)8-9-17(11-16)14(12-5-6-12)13-4-3-10-20-13/h3-4,10,12,14H,2,5-9,11H2,1H3,(H,18,19). The molecule has 2 fully saturated rings. The number of thiophene rings is 1. The van der Waals surface area contributed by atoms with Crippen molar-refractivity contribution in [2.24, 2.45) is 11.3 Å². The molecule has 20 heavy (non-hydrogen) atoms. The molecule has 0 aromatic carbocycles. The van der Waals surface area contributed by atoms with Crippen LogP contribution in [-0.2, 0) is 4.79 Å².